The number of nitrogens with zero attached hydrogens (tertiary/aromatic N) is 2. The lowest BCUT2D eigenvalue weighted by Gasteiger charge is -2.31. The number of nitrogens with two attached hydrogens (primary N) is 1. The maximum Gasteiger partial charge on any atom is 0.0821 e. The predicted octanol–water partition coefficient (Wildman–Crippen LogP) is 2.56. The molecular weight excluding hydrogens is 250 g/mol. The lowest BCUT2D eigenvalue weighted by Crippen LogP contribution is -2.39. The molecule has 2 aromatic rings. The molecule has 1 aromatic carbocycles. The van der Waals surface area contributed by atoms with Crippen LogP contribution in [0.5, 0.6) is 0 Å². The maximum absolute atomic E-state index is 10.5. The number of rotatable bonds is 3. The molecule has 0 unspecified atom stereocenters. The largest absolute Gasteiger partial charge is 0.396 e. The number of hydrogen-bond acceptors (Lipinski definition) is 4. The van der Waals surface area contributed by atoms with Crippen molar-refractivity contribution in [3.63, 3.8) is 0 Å². The van der Waals surface area contributed by atoms with Crippen molar-refractivity contribution in [1.29, 1.82) is 0 Å². The van der Waals surface area contributed by atoms with E-state index in [1.54, 1.807) is 6.20 Å². The lowest BCUT2D eigenvalue weighted by atomic mass is 10.0. The van der Waals surface area contributed by atoms with Gasteiger partial charge in [-0.15, -0.1) is 0 Å². The number of pyridine rings is 1. The minimum absolute atomic E-state index is 0.564. The highest BCUT2D eigenvalue weighted by Gasteiger charge is 2.32. The third-order valence-electron chi connectivity index (χ3n) is 4.28. The zero-order valence-electron chi connectivity index (χ0n) is 11.8. The van der Waals surface area contributed by atoms with Crippen LogP contribution in [0, 0.1) is 0 Å². The Kier molecular flexibility index (Phi) is 3.26. The van der Waals surface area contributed by atoms with Gasteiger partial charge in [0, 0.05) is 25.2 Å². The second-order valence-corrected chi connectivity index (χ2v) is 5.86. The highest BCUT2D eigenvalue weighted by molar-refractivity contribution is 5.97. The first kappa shape index (κ1) is 13.2. The quantitative estimate of drug-likeness (QED) is 0.842. The number of fused-ring (bicyclic) bond motifs is 1. The first-order valence-electron chi connectivity index (χ1n) is 7.16. The molecule has 4 heteroatoms. The summed E-state index contributed by atoms with van der Waals surface area (Å²) in [5, 5.41) is 11.5. The van der Waals surface area contributed by atoms with Crippen molar-refractivity contribution in [2.75, 3.05) is 24.2 Å². The van der Waals surface area contributed by atoms with Crippen LogP contribution in [0.4, 0.5) is 11.4 Å². The van der Waals surface area contributed by atoms with Gasteiger partial charge in [0.15, 0.2) is 0 Å². The molecule has 1 aromatic heterocycles. The van der Waals surface area contributed by atoms with E-state index in [9.17, 15) is 5.11 Å². The van der Waals surface area contributed by atoms with Crippen molar-refractivity contribution >= 4 is 22.3 Å². The third-order valence-corrected chi connectivity index (χ3v) is 4.28. The molecule has 1 aliphatic rings. The smallest absolute Gasteiger partial charge is 0.0821 e. The van der Waals surface area contributed by atoms with Gasteiger partial charge in [0.05, 0.1) is 22.5 Å². The lowest BCUT2D eigenvalue weighted by molar-refractivity contribution is 0.0559. The van der Waals surface area contributed by atoms with Crippen molar-refractivity contribution in [1.82, 2.24) is 4.98 Å². The molecule has 0 radical (unpaired) electrons. The Labute approximate surface area is 119 Å². The molecule has 0 spiro atoms. The van der Waals surface area contributed by atoms with Gasteiger partial charge >= 0.3 is 0 Å². The molecule has 20 heavy (non-hydrogen) atoms. The van der Waals surface area contributed by atoms with Crippen molar-refractivity contribution < 1.29 is 5.11 Å². The van der Waals surface area contributed by atoms with E-state index in [4.69, 9.17) is 5.73 Å². The Bertz CT molecular complexity index is 620. The molecule has 0 aliphatic heterocycles. The zero-order valence-corrected chi connectivity index (χ0v) is 11.8. The minimum Gasteiger partial charge on any atom is -0.396 e. The fraction of sp³-hybridized carbons (Fsp3) is 0.438. The Morgan fingerprint density at radius 2 is 2.05 bits per heavy atom. The summed E-state index contributed by atoms with van der Waals surface area (Å²) in [6.45, 7) is 0.628. The molecule has 0 saturated heterocycles. The van der Waals surface area contributed by atoms with E-state index in [-0.39, 0.29) is 0 Å². The molecule has 0 bridgehead atoms. The molecule has 1 heterocycles. The summed E-state index contributed by atoms with van der Waals surface area (Å²) >= 11 is 0. The summed E-state index contributed by atoms with van der Waals surface area (Å²) in [5.41, 5.74) is 8.31. The number of nitrogen functional groups attached to an aromatic ring is 1. The number of aliphatic hydroxyl groups is 1. The Balaban J connectivity index is 1.91. The summed E-state index contributed by atoms with van der Waals surface area (Å²) in [6.07, 6.45) is 5.76. The van der Waals surface area contributed by atoms with Crippen LogP contribution in [0.2, 0.25) is 0 Å². The van der Waals surface area contributed by atoms with Gasteiger partial charge in [-0.1, -0.05) is 12.8 Å². The van der Waals surface area contributed by atoms with Crippen LogP contribution in [0.1, 0.15) is 25.7 Å². The van der Waals surface area contributed by atoms with E-state index < -0.39 is 5.60 Å². The standard InChI is InChI=1S/C16H21N3O/c1-19(11-16(20)8-2-3-9-16)14-7-6-13-12(15(14)17)5-4-10-18-13/h4-7,10,20H,2-3,8-9,11,17H2,1H3. The van der Waals surface area contributed by atoms with Gasteiger partial charge in [-0.05, 0) is 37.1 Å². The Morgan fingerprint density at radius 3 is 2.80 bits per heavy atom. The molecule has 0 amide bonds. The molecule has 0 atom stereocenters. The Morgan fingerprint density at radius 1 is 1.30 bits per heavy atom. The van der Waals surface area contributed by atoms with Gasteiger partial charge in [0.1, 0.15) is 0 Å². The zero-order chi connectivity index (χ0) is 14.2. The second kappa shape index (κ2) is 4.94. The molecule has 106 valence electrons. The average molecular weight is 271 g/mol. The monoisotopic (exact) mass is 271 g/mol. The predicted molar refractivity (Wildman–Crippen MR) is 82.8 cm³/mol. The van der Waals surface area contributed by atoms with Crippen LogP contribution in [0.25, 0.3) is 10.9 Å². The number of hydrogen-bond donors (Lipinski definition) is 2. The molecule has 1 saturated carbocycles. The molecule has 1 fully saturated rings. The van der Waals surface area contributed by atoms with E-state index in [1.165, 1.54) is 0 Å². The number of benzene rings is 1. The normalized spacial score (nSPS) is 17.5. The van der Waals surface area contributed by atoms with E-state index >= 15 is 0 Å². The molecular formula is C16H21N3O. The van der Waals surface area contributed by atoms with E-state index in [0.717, 1.165) is 48.0 Å². The van der Waals surface area contributed by atoms with Crippen LogP contribution >= 0.6 is 0 Å². The minimum atomic E-state index is -0.564. The van der Waals surface area contributed by atoms with Gasteiger partial charge in [-0.2, -0.15) is 0 Å². The number of aromatic nitrogens is 1. The van der Waals surface area contributed by atoms with Crippen LogP contribution in [-0.2, 0) is 0 Å². The van der Waals surface area contributed by atoms with Crippen molar-refractivity contribution in [3.8, 4) is 0 Å². The van der Waals surface area contributed by atoms with Crippen LogP contribution in [0.3, 0.4) is 0 Å². The second-order valence-electron chi connectivity index (χ2n) is 5.86. The van der Waals surface area contributed by atoms with Crippen LogP contribution in [0.15, 0.2) is 30.5 Å². The number of likely N-dealkylation sites (N-methyl/N-ethyl adjacent to an activating group) is 1. The first-order valence-corrected chi connectivity index (χ1v) is 7.16. The highest BCUT2D eigenvalue weighted by atomic mass is 16.3. The van der Waals surface area contributed by atoms with E-state index in [1.807, 2.05) is 31.3 Å². The van der Waals surface area contributed by atoms with Crippen molar-refractivity contribution in [3.05, 3.63) is 30.5 Å². The summed E-state index contributed by atoms with van der Waals surface area (Å²) in [6, 6.07) is 7.85. The first-order chi connectivity index (χ1) is 9.59. The van der Waals surface area contributed by atoms with E-state index in [0.29, 0.717) is 6.54 Å². The maximum atomic E-state index is 10.5. The molecule has 4 nitrogen and oxygen atoms in total. The highest BCUT2D eigenvalue weighted by Crippen LogP contribution is 2.34. The third kappa shape index (κ3) is 2.31. The summed E-state index contributed by atoms with van der Waals surface area (Å²) in [4.78, 5) is 6.37. The van der Waals surface area contributed by atoms with Gasteiger partial charge in [-0.25, -0.2) is 0 Å². The SMILES string of the molecule is CN(CC1(O)CCCC1)c1ccc2ncccc2c1N. The summed E-state index contributed by atoms with van der Waals surface area (Å²) in [7, 11) is 1.99. The number of anilines is 2. The van der Waals surface area contributed by atoms with Gasteiger partial charge < -0.3 is 15.7 Å². The van der Waals surface area contributed by atoms with E-state index in [2.05, 4.69) is 9.88 Å². The molecule has 3 N–H and O–H groups in total. The summed E-state index contributed by atoms with van der Waals surface area (Å²) < 4.78 is 0. The van der Waals surface area contributed by atoms with Gasteiger partial charge in [0.25, 0.3) is 0 Å². The van der Waals surface area contributed by atoms with Crippen LogP contribution in [-0.4, -0.2) is 29.3 Å². The Hall–Kier alpha value is -1.81. The van der Waals surface area contributed by atoms with Gasteiger partial charge in [-0.3, -0.25) is 4.98 Å². The van der Waals surface area contributed by atoms with Crippen LogP contribution < -0.4 is 10.6 Å². The fourth-order valence-corrected chi connectivity index (χ4v) is 3.21. The molecule has 3 rings (SSSR count). The van der Waals surface area contributed by atoms with Gasteiger partial charge in [0.2, 0.25) is 0 Å². The summed E-state index contributed by atoms with van der Waals surface area (Å²) in [5.74, 6) is 0. The topological polar surface area (TPSA) is 62.4 Å². The molecule has 1 aliphatic carbocycles. The van der Waals surface area contributed by atoms with Crippen molar-refractivity contribution in [2.24, 2.45) is 0 Å². The van der Waals surface area contributed by atoms with Crippen molar-refractivity contribution in [2.45, 2.75) is 31.3 Å². The average Bonchev–Trinajstić information content (AvgIpc) is 2.85. The fourth-order valence-electron chi connectivity index (χ4n) is 3.21.